The molecular formula is C12H15N3S. The molecule has 0 saturated heterocycles. The molecule has 0 spiro atoms. The Kier molecular flexibility index (Phi) is 3.10. The van der Waals surface area contributed by atoms with E-state index in [1.807, 2.05) is 12.1 Å². The second-order valence-corrected chi connectivity index (χ2v) is 4.62. The van der Waals surface area contributed by atoms with Gasteiger partial charge in [-0.1, -0.05) is 29.5 Å². The van der Waals surface area contributed by atoms with Crippen molar-refractivity contribution in [3.63, 3.8) is 0 Å². The molecule has 0 amide bonds. The molecule has 0 unspecified atom stereocenters. The standard InChI is InChI=1S/C12H15N3S/c1-3-15(12-14-8-11(13)16-12)10-7-5-4-6-9(10)2/h4-8H,3,13H2,1-2H3. The van der Waals surface area contributed by atoms with Gasteiger partial charge in [0.15, 0.2) is 5.13 Å². The van der Waals surface area contributed by atoms with E-state index in [2.05, 4.69) is 35.9 Å². The number of benzene rings is 1. The van der Waals surface area contributed by atoms with E-state index in [1.54, 1.807) is 6.20 Å². The minimum atomic E-state index is 0.752. The number of hydrogen-bond acceptors (Lipinski definition) is 4. The van der Waals surface area contributed by atoms with E-state index >= 15 is 0 Å². The van der Waals surface area contributed by atoms with Gasteiger partial charge in [-0.05, 0) is 25.5 Å². The van der Waals surface area contributed by atoms with E-state index in [1.165, 1.54) is 22.6 Å². The minimum Gasteiger partial charge on any atom is -0.389 e. The Morgan fingerprint density at radius 2 is 2.12 bits per heavy atom. The van der Waals surface area contributed by atoms with Gasteiger partial charge in [0.1, 0.15) is 5.00 Å². The summed E-state index contributed by atoms with van der Waals surface area (Å²) in [6, 6.07) is 8.30. The third kappa shape index (κ3) is 2.02. The first kappa shape index (κ1) is 11.0. The fourth-order valence-electron chi connectivity index (χ4n) is 1.68. The van der Waals surface area contributed by atoms with Crippen molar-refractivity contribution in [3.05, 3.63) is 36.0 Å². The van der Waals surface area contributed by atoms with E-state index in [-0.39, 0.29) is 0 Å². The molecule has 1 heterocycles. The predicted octanol–water partition coefficient (Wildman–Crippen LogP) is 3.19. The van der Waals surface area contributed by atoms with Crippen LogP contribution < -0.4 is 10.6 Å². The fourth-order valence-corrected chi connectivity index (χ4v) is 2.44. The molecule has 0 atom stereocenters. The zero-order chi connectivity index (χ0) is 11.5. The van der Waals surface area contributed by atoms with Gasteiger partial charge in [-0.15, -0.1) is 0 Å². The van der Waals surface area contributed by atoms with Crippen LogP contribution in [-0.2, 0) is 0 Å². The highest BCUT2D eigenvalue weighted by molar-refractivity contribution is 7.19. The lowest BCUT2D eigenvalue weighted by Gasteiger charge is -2.21. The van der Waals surface area contributed by atoms with Crippen LogP contribution in [0.4, 0.5) is 15.8 Å². The molecule has 1 aromatic carbocycles. The normalized spacial score (nSPS) is 10.4. The van der Waals surface area contributed by atoms with Crippen LogP contribution in [-0.4, -0.2) is 11.5 Å². The molecule has 0 radical (unpaired) electrons. The van der Waals surface area contributed by atoms with Crippen molar-refractivity contribution in [1.29, 1.82) is 0 Å². The van der Waals surface area contributed by atoms with Crippen molar-refractivity contribution in [3.8, 4) is 0 Å². The van der Waals surface area contributed by atoms with Gasteiger partial charge in [-0.3, -0.25) is 0 Å². The Morgan fingerprint density at radius 3 is 2.69 bits per heavy atom. The van der Waals surface area contributed by atoms with E-state index in [4.69, 9.17) is 5.73 Å². The van der Waals surface area contributed by atoms with Crippen LogP contribution in [0, 0.1) is 6.92 Å². The lowest BCUT2D eigenvalue weighted by atomic mass is 10.2. The first-order valence-corrected chi connectivity index (χ1v) is 6.08. The number of nitrogen functional groups attached to an aromatic ring is 1. The summed E-state index contributed by atoms with van der Waals surface area (Å²) in [5.74, 6) is 0. The second kappa shape index (κ2) is 4.53. The molecule has 0 aliphatic carbocycles. The number of nitrogens with two attached hydrogens (primary N) is 1. The summed E-state index contributed by atoms with van der Waals surface area (Å²) >= 11 is 1.52. The average Bonchev–Trinajstić information content (AvgIpc) is 2.69. The predicted molar refractivity (Wildman–Crippen MR) is 70.4 cm³/mol. The Morgan fingerprint density at radius 1 is 1.38 bits per heavy atom. The third-order valence-electron chi connectivity index (χ3n) is 2.46. The largest absolute Gasteiger partial charge is 0.389 e. The van der Waals surface area contributed by atoms with Crippen molar-refractivity contribution in [1.82, 2.24) is 4.98 Å². The van der Waals surface area contributed by atoms with Gasteiger partial charge in [-0.25, -0.2) is 4.98 Å². The highest BCUT2D eigenvalue weighted by atomic mass is 32.1. The van der Waals surface area contributed by atoms with Gasteiger partial charge < -0.3 is 10.6 Å². The summed E-state index contributed by atoms with van der Waals surface area (Å²) in [7, 11) is 0. The molecule has 2 rings (SSSR count). The molecule has 0 saturated carbocycles. The number of aromatic nitrogens is 1. The lowest BCUT2D eigenvalue weighted by Crippen LogP contribution is -2.16. The van der Waals surface area contributed by atoms with Crippen molar-refractivity contribution in [2.24, 2.45) is 0 Å². The van der Waals surface area contributed by atoms with Crippen LogP contribution in [0.2, 0.25) is 0 Å². The van der Waals surface area contributed by atoms with Crippen LogP contribution >= 0.6 is 11.3 Å². The maximum Gasteiger partial charge on any atom is 0.191 e. The summed E-state index contributed by atoms with van der Waals surface area (Å²) in [6.07, 6.45) is 1.71. The quantitative estimate of drug-likeness (QED) is 0.885. The first-order valence-electron chi connectivity index (χ1n) is 5.27. The van der Waals surface area contributed by atoms with E-state index in [9.17, 15) is 0 Å². The summed E-state index contributed by atoms with van der Waals surface area (Å²) in [6.45, 7) is 5.11. The molecule has 2 N–H and O–H groups in total. The average molecular weight is 233 g/mol. The van der Waals surface area contributed by atoms with Crippen molar-refractivity contribution >= 4 is 27.2 Å². The van der Waals surface area contributed by atoms with Gasteiger partial charge in [0.2, 0.25) is 0 Å². The van der Waals surface area contributed by atoms with Crippen LogP contribution in [0.3, 0.4) is 0 Å². The first-order chi connectivity index (χ1) is 7.72. The van der Waals surface area contributed by atoms with Crippen molar-refractivity contribution in [2.45, 2.75) is 13.8 Å². The van der Waals surface area contributed by atoms with Crippen LogP contribution in [0.1, 0.15) is 12.5 Å². The topological polar surface area (TPSA) is 42.2 Å². The molecule has 4 heteroatoms. The highest BCUT2D eigenvalue weighted by Gasteiger charge is 2.12. The molecule has 16 heavy (non-hydrogen) atoms. The van der Waals surface area contributed by atoms with Crippen LogP contribution in [0.25, 0.3) is 0 Å². The lowest BCUT2D eigenvalue weighted by molar-refractivity contribution is 1.00. The van der Waals surface area contributed by atoms with E-state index in [0.717, 1.165) is 16.7 Å². The number of para-hydroxylation sites is 1. The fraction of sp³-hybridized carbons (Fsp3) is 0.250. The van der Waals surface area contributed by atoms with Crippen molar-refractivity contribution < 1.29 is 0 Å². The van der Waals surface area contributed by atoms with Crippen LogP contribution in [0.15, 0.2) is 30.5 Å². The summed E-state index contributed by atoms with van der Waals surface area (Å²) in [5, 5.41) is 1.70. The number of rotatable bonds is 3. The van der Waals surface area contributed by atoms with Gasteiger partial charge in [0, 0.05) is 12.2 Å². The molecular weight excluding hydrogens is 218 g/mol. The molecule has 84 valence electrons. The monoisotopic (exact) mass is 233 g/mol. The smallest absolute Gasteiger partial charge is 0.191 e. The molecule has 0 aliphatic rings. The Hall–Kier alpha value is -1.55. The molecule has 0 aliphatic heterocycles. The maximum atomic E-state index is 5.72. The number of aryl methyl sites for hydroxylation is 1. The molecule has 0 fully saturated rings. The molecule has 1 aromatic heterocycles. The Bertz CT molecular complexity index is 479. The highest BCUT2D eigenvalue weighted by Crippen LogP contribution is 2.31. The number of thiazole rings is 1. The number of hydrogen-bond donors (Lipinski definition) is 1. The Labute approximate surface area is 99.5 Å². The van der Waals surface area contributed by atoms with Gasteiger partial charge in [0.25, 0.3) is 0 Å². The summed E-state index contributed by atoms with van der Waals surface area (Å²) in [5.41, 5.74) is 8.16. The zero-order valence-corrected chi connectivity index (χ0v) is 10.3. The van der Waals surface area contributed by atoms with Gasteiger partial charge >= 0.3 is 0 Å². The van der Waals surface area contributed by atoms with Crippen LogP contribution in [0.5, 0.6) is 0 Å². The maximum absolute atomic E-state index is 5.72. The molecule has 0 bridgehead atoms. The summed E-state index contributed by atoms with van der Waals surface area (Å²) < 4.78 is 0. The van der Waals surface area contributed by atoms with E-state index < -0.39 is 0 Å². The number of anilines is 3. The van der Waals surface area contributed by atoms with Crippen molar-refractivity contribution in [2.75, 3.05) is 17.2 Å². The number of nitrogens with zero attached hydrogens (tertiary/aromatic N) is 2. The second-order valence-electron chi connectivity index (χ2n) is 3.58. The van der Waals surface area contributed by atoms with E-state index in [0.29, 0.717) is 0 Å². The minimum absolute atomic E-state index is 0.752. The molecule has 3 nitrogen and oxygen atoms in total. The Balaban J connectivity index is 2.40. The molecule has 2 aromatic rings. The third-order valence-corrected chi connectivity index (χ3v) is 3.31. The zero-order valence-electron chi connectivity index (χ0n) is 9.47. The van der Waals surface area contributed by atoms with Gasteiger partial charge in [0.05, 0.1) is 6.20 Å². The SMILES string of the molecule is CCN(c1ncc(N)s1)c1ccccc1C. The van der Waals surface area contributed by atoms with Gasteiger partial charge in [-0.2, -0.15) is 0 Å². The summed E-state index contributed by atoms with van der Waals surface area (Å²) in [4.78, 5) is 6.50.